The summed E-state index contributed by atoms with van der Waals surface area (Å²) in [4.78, 5) is 25.3. The molecular formula is C35H53FN4O3. The van der Waals surface area contributed by atoms with Crippen LogP contribution in [-0.2, 0) is 16.0 Å². The zero-order valence-electron chi connectivity index (χ0n) is 26.8. The second-order valence-electron chi connectivity index (χ2n) is 11.4. The number of hydrogen-bond donors (Lipinski definition) is 4. The van der Waals surface area contributed by atoms with E-state index in [9.17, 15) is 14.0 Å². The molecule has 2 atom stereocenters. The molecule has 1 fully saturated rings. The minimum Gasteiger partial charge on any atom is -0.492 e. The summed E-state index contributed by atoms with van der Waals surface area (Å²) in [6, 6.07) is 14.3. The van der Waals surface area contributed by atoms with E-state index in [0.29, 0.717) is 32.0 Å². The van der Waals surface area contributed by atoms with Crippen LogP contribution < -0.4 is 26.0 Å². The Bertz CT molecular complexity index is 1120. The summed E-state index contributed by atoms with van der Waals surface area (Å²) in [6.45, 7) is 12.2. The van der Waals surface area contributed by atoms with E-state index in [1.54, 1.807) is 6.07 Å². The molecule has 2 aromatic rings. The Morgan fingerprint density at radius 2 is 1.74 bits per heavy atom. The quantitative estimate of drug-likeness (QED) is 0.358. The second-order valence-corrected chi connectivity index (χ2v) is 11.4. The molecule has 0 spiro atoms. The van der Waals surface area contributed by atoms with Crippen molar-refractivity contribution in [3.63, 3.8) is 0 Å². The van der Waals surface area contributed by atoms with Gasteiger partial charge in [0.05, 0.1) is 6.54 Å². The van der Waals surface area contributed by atoms with Gasteiger partial charge in [0.2, 0.25) is 11.8 Å². The van der Waals surface area contributed by atoms with Crippen molar-refractivity contribution in [2.24, 2.45) is 5.92 Å². The lowest BCUT2D eigenvalue weighted by molar-refractivity contribution is -0.128. The van der Waals surface area contributed by atoms with Crippen LogP contribution in [0.3, 0.4) is 0 Å². The minimum atomic E-state index is -0.469. The third-order valence-corrected chi connectivity index (χ3v) is 6.85. The summed E-state index contributed by atoms with van der Waals surface area (Å²) < 4.78 is 18.3. The van der Waals surface area contributed by atoms with Crippen LogP contribution in [0.1, 0.15) is 77.3 Å². The number of aryl methyl sites for hydroxylation is 2. The summed E-state index contributed by atoms with van der Waals surface area (Å²) in [5.41, 5.74) is 3.08. The van der Waals surface area contributed by atoms with E-state index in [4.69, 9.17) is 4.74 Å². The van der Waals surface area contributed by atoms with E-state index in [2.05, 4.69) is 61.1 Å². The Labute approximate surface area is 258 Å². The van der Waals surface area contributed by atoms with Gasteiger partial charge in [0.15, 0.2) is 0 Å². The SMILES string of the molecule is CC/C=C1/CNC(C)COc2ccccc2CCCNC(=O)C(CC2CC2)NC(=O)CN1.CCC.Cc1cccc(F)c1. The molecule has 43 heavy (non-hydrogen) atoms. The van der Waals surface area contributed by atoms with Crippen molar-refractivity contribution in [3.8, 4) is 5.75 Å². The van der Waals surface area contributed by atoms with Crippen LogP contribution >= 0.6 is 0 Å². The maximum absolute atomic E-state index is 12.8. The highest BCUT2D eigenvalue weighted by Gasteiger charge is 2.30. The number of allylic oxidation sites excluding steroid dienone is 1. The topological polar surface area (TPSA) is 91.5 Å². The van der Waals surface area contributed by atoms with Crippen molar-refractivity contribution >= 4 is 11.8 Å². The van der Waals surface area contributed by atoms with Gasteiger partial charge in [-0.05, 0) is 74.8 Å². The van der Waals surface area contributed by atoms with E-state index in [0.717, 1.165) is 54.7 Å². The molecule has 0 aromatic heterocycles. The molecular weight excluding hydrogens is 543 g/mol. The first-order chi connectivity index (χ1) is 20.7. The Hall–Kier alpha value is -3.39. The Kier molecular flexibility index (Phi) is 17.1. The molecule has 1 heterocycles. The Morgan fingerprint density at radius 3 is 2.40 bits per heavy atom. The molecule has 4 N–H and O–H groups in total. The van der Waals surface area contributed by atoms with Gasteiger partial charge in [-0.25, -0.2) is 4.39 Å². The largest absolute Gasteiger partial charge is 0.492 e. The summed E-state index contributed by atoms with van der Waals surface area (Å²) in [7, 11) is 0. The first kappa shape index (κ1) is 35.8. The van der Waals surface area contributed by atoms with Gasteiger partial charge in [-0.3, -0.25) is 9.59 Å². The molecule has 1 aliphatic carbocycles. The van der Waals surface area contributed by atoms with Crippen molar-refractivity contribution in [1.29, 1.82) is 0 Å². The summed E-state index contributed by atoms with van der Waals surface area (Å²) in [6.07, 6.45) is 8.84. The number of hydrogen-bond acceptors (Lipinski definition) is 5. The van der Waals surface area contributed by atoms with Crippen molar-refractivity contribution in [2.75, 3.05) is 26.2 Å². The van der Waals surface area contributed by atoms with Crippen LogP contribution in [0.4, 0.5) is 4.39 Å². The van der Waals surface area contributed by atoms with Crippen LogP contribution in [-0.4, -0.2) is 50.1 Å². The van der Waals surface area contributed by atoms with Crippen molar-refractivity contribution in [3.05, 3.63) is 77.2 Å². The van der Waals surface area contributed by atoms with E-state index in [-0.39, 0.29) is 30.2 Å². The molecule has 1 aliphatic heterocycles. The molecule has 0 radical (unpaired) electrons. The fourth-order valence-corrected chi connectivity index (χ4v) is 4.44. The smallest absolute Gasteiger partial charge is 0.242 e. The standard InChI is InChI=1S/C25H38N4O3.C7H7F.C3H8/c1-3-7-21-15-27-18(2)17-32-23-10-5-4-8-20(23)9-6-13-26-25(31)22(14-19-11-12-19)29-24(30)16-28-21;1-6-3-2-4-7(8)5-6;1-3-2/h4-5,7-8,10,18-19,22,27-28H,3,6,9,11-17H2,1-2H3,(H,26,31)(H,29,30);2-5H,1H3;3H2,1-2H3/b21-7-;;. The average Bonchev–Trinajstić information content (AvgIpc) is 3.80. The van der Waals surface area contributed by atoms with Gasteiger partial charge in [-0.2, -0.15) is 0 Å². The summed E-state index contributed by atoms with van der Waals surface area (Å²) in [5, 5.41) is 12.7. The highest BCUT2D eigenvalue weighted by molar-refractivity contribution is 5.88. The second kappa shape index (κ2) is 20.5. The lowest BCUT2D eigenvalue weighted by Gasteiger charge is -2.21. The third kappa shape index (κ3) is 15.6. The van der Waals surface area contributed by atoms with Gasteiger partial charge >= 0.3 is 0 Å². The molecule has 7 nitrogen and oxygen atoms in total. The molecule has 2 amide bonds. The average molecular weight is 597 g/mol. The number of halogens is 1. The lowest BCUT2D eigenvalue weighted by Crippen LogP contribution is -2.49. The number of benzene rings is 2. The Balaban J connectivity index is 0.000000494. The van der Waals surface area contributed by atoms with E-state index < -0.39 is 6.04 Å². The zero-order chi connectivity index (χ0) is 31.5. The Morgan fingerprint density at radius 1 is 1.00 bits per heavy atom. The number of ether oxygens (including phenoxy) is 1. The van der Waals surface area contributed by atoms with Crippen molar-refractivity contribution in [2.45, 2.75) is 91.6 Å². The number of amides is 2. The molecule has 2 unspecified atom stereocenters. The number of carbonyl (C=O) groups excluding carboxylic acids is 2. The lowest BCUT2D eigenvalue weighted by atomic mass is 10.1. The first-order valence-corrected chi connectivity index (χ1v) is 15.9. The van der Waals surface area contributed by atoms with Gasteiger partial charge in [-0.15, -0.1) is 0 Å². The molecule has 0 saturated heterocycles. The molecule has 4 rings (SSSR count). The van der Waals surface area contributed by atoms with Crippen molar-refractivity contribution in [1.82, 2.24) is 21.3 Å². The normalized spacial score (nSPS) is 21.0. The maximum atomic E-state index is 12.8. The van der Waals surface area contributed by atoms with Crippen LogP contribution in [0.15, 0.2) is 60.3 Å². The molecule has 8 heteroatoms. The predicted octanol–water partition coefficient (Wildman–Crippen LogP) is 5.82. The molecule has 2 aromatic carbocycles. The zero-order valence-corrected chi connectivity index (χ0v) is 26.8. The highest BCUT2D eigenvalue weighted by Crippen LogP contribution is 2.33. The number of carbonyl (C=O) groups is 2. The maximum Gasteiger partial charge on any atom is 0.242 e. The summed E-state index contributed by atoms with van der Waals surface area (Å²) >= 11 is 0. The van der Waals surface area contributed by atoms with E-state index in [1.807, 2.05) is 31.2 Å². The fourth-order valence-electron chi connectivity index (χ4n) is 4.44. The number of rotatable bonds is 3. The van der Waals surface area contributed by atoms with Gasteiger partial charge in [0, 0.05) is 24.8 Å². The van der Waals surface area contributed by atoms with Crippen LogP contribution in [0.5, 0.6) is 5.75 Å². The van der Waals surface area contributed by atoms with Gasteiger partial charge < -0.3 is 26.0 Å². The highest BCUT2D eigenvalue weighted by atomic mass is 19.1. The first-order valence-electron chi connectivity index (χ1n) is 15.9. The van der Waals surface area contributed by atoms with E-state index >= 15 is 0 Å². The monoisotopic (exact) mass is 596 g/mol. The molecule has 2 aliphatic rings. The van der Waals surface area contributed by atoms with Crippen LogP contribution in [0, 0.1) is 18.7 Å². The molecule has 0 bridgehead atoms. The number of para-hydroxylation sites is 1. The molecule has 1 saturated carbocycles. The minimum absolute atomic E-state index is 0.0873. The van der Waals surface area contributed by atoms with Gasteiger partial charge in [0.25, 0.3) is 0 Å². The molecule has 238 valence electrons. The van der Waals surface area contributed by atoms with Crippen molar-refractivity contribution < 1.29 is 18.7 Å². The number of fused-ring (bicyclic) bond motifs is 1. The van der Waals surface area contributed by atoms with Crippen LogP contribution in [0.25, 0.3) is 0 Å². The fraction of sp³-hybridized carbons (Fsp3) is 0.543. The van der Waals surface area contributed by atoms with E-state index in [1.165, 1.54) is 18.6 Å². The third-order valence-electron chi connectivity index (χ3n) is 6.85. The van der Waals surface area contributed by atoms with Gasteiger partial charge in [-0.1, -0.05) is 76.4 Å². The summed E-state index contributed by atoms with van der Waals surface area (Å²) in [5.74, 6) is 1.04. The van der Waals surface area contributed by atoms with Crippen LogP contribution in [0.2, 0.25) is 0 Å². The number of nitrogens with one attached hydrogen (secondary N) is 4. The predicted molar refractivity (Wildman–Crippen MR) is 173 cm³/mol. The van der Waals surface area contributed by atoms with Gasteiger partial charge in [0.1, 0.15) is 24.2 Å².